The van der Waals surface area contributed by atoms with E-state index >= 15 is 0 Å². The van der Waals surface area contributed by atoms with Crippen molar-refractivity contribution >= 4 is 23.4 Å². The molecule has 2 saturated heterocycles. The van der Waals surface area contributed by atoms with Gasteiger partial charge in [0.2, 0.25) is 11.8 Å². The maximum atomic E-state index is 12.7. The van der Waals surface area contributed by atoms with E-state index in [0.29, 0.717) is 24.9 Å². The van der Waals surface area contributed by atoms with Crippen LogP contribution in [0.25, 0.3) is 5.70 Å². The van der Waals surface area contributed by atoms with Crippen molar-refractivity contribution in [2.75, 3.05) is 6.54 Å². The van der Waals surface area contributed by atoms with Crippen LogP contribution in [0.4, 0.5) is 0 Å². The van der Waals surface area contributed by atoms with Crippen LogP contribution in [0.5, 0.6) is 0 Å². The molecule has 1 aliphatic carbocycles. The summed E-state index contributed by atoms with van der Waals surface area (Å²) in [7, 11) is 0. The number of imide groups is 1. The summed E-state index contributed by atoms with van der Waals surface area (Å²) >= 11 is 0. The molecule has 1 aromatic rings. The number of aromatic nitrogens is 1. The first kappa shape index (κ1) is 17.1. The van der Waals surface area contributed by atoms with Crippen LogP contribution in [0.3, 0.4) is 0 Å². The SMILES string of the molecule is CC(=O)N1CC2(C(=O)NC(=O)C=C(N)c3cccnc3)CCC1CC2. The van der Waals surface area contributed by atoms with Crippen molar-refractivity contribution < 1.29 is 14.4 Å². The highest BCUT2D eigenvalue weighted by atomic mass is 16.2. The number of hydrogen-bond acceptors (Lipinski definition) is 5. The third-order valence-corrected chi connectivity index (χ3v) is 5.23. The van der Waals surface area contributed by atoms with Gasteiger partial charge in [-0.3, -0.25) is 24.7 Å². The van der Waals surface area contributed by atoms with Crippen LogP contribution in [0.1, 0.15) is 38.2 Å². The first-order valence-corrected chi connectivity index (χ1v) is 8.41. The Balaban J connectivity index is 1.69. The van der Waals surface area contributed by atoms with Crippen molar-refractivity contribution in [3.63, 3.8) is 0 Å². The first-order chi connectivity index (χ1) is 11.9. The molecule has 2 bridgehead atoms. The van der Waals surface area contributed by atoms with Crippen LogP contribution in [0.15, 0.2) is 30.6 Å². The van der Waals surface area contributed by atoms with Gasteiger partial charge in [-0.15, -0.1) is 0 Å². The highest BCUT2D eigenvalue weighted by Crippen LogP contribution is 2.44. The van der Waals surface area contributed by atoms with Crippen LogP contribution in [-0.4, -0.2) is 40.2 Å². The number of carbonyl (C=O) groups is 3. The fraction of sp³-hybridized carbons (Fsp3) is 0.444. The van der Waals surface area contributed by atoms with E-state index in [2.05, 4.69) is 10.3 Å². The highest BCUT2D eigenvalue weighted by Gasteiger charge is 2.50. The highest BCUT2D eigenvalue weighted by molar-refractivity contribution is 6.06. The lowest BCUT2D eigenvalue weighted by atomic mass is 9.67. The number of rotatable bonds is 3. The Labute approximate surface area is 146 Å². The topological polar surface area (TPSA) is 105 Å². The van der Waals surface area contributed by atoms with Crippen molar-refractivity contribution in [3.8, 4) is 0 Å². The standard InChI is InChI=1S/C18H22N4O3/c1-12(23)22-11-18(6-4-14(22)5-7-18)17(25)21-16(24)9-15(19)13-3-2-8-20-10-13/h2-3,8-10,14H,4-7,11,19H2,1H3,(H,21,24,25). The molecule has 0 unspecified atom stereocenters. The molecule has 7 heteroatoms. The number of nitrogens with two attached hydrogens (primary N) is 1. The molecule has 0 radical (unpaired) electrons. The molecule has 0 aromatic carbocycles. The smallest absolute Gasteiger partial charge is 0.252 e. The lowest BCUT2D eigenvalue weighted by Gasteiger charge is -2.51. The fourth-order valence-corrected chi connectivity index (χ4v) is 3.79. The number of nitrogens with one attached hydrogen (secondary N) is 1. The molecule has 0 spiro atoms. The quantitative estimate of drug-likeness (QED) is 0.791. The fourth-order valence-electron chi connectivity index (χ4n) is 3.79. The third-order valence-electron chi connectivity index (χ3n) is 5.23. The van der Waals surface area contributed by atoms with Gasteiger partial charge in [-0.2, -0.15) is 0 Å². The number of pyridine rings is 1. The van der Waals surface area contributed by atoms with E-state index < -0.39 is 11.3 Å². The zero-order chi connectivity index (χ0) is 18.0. The summed E-state index contributed by atoms with van der Waals surface area (Å²) in [5.74, 6) is -0.895. The second-order valence-electron chi connectivity index (χ2n) is 6.82. The normalized spacial score (nSPS) is 25.6. The lowest BCUT2D eigenvalue weighted by Crippen LogP contribution is -2.61. The predicted octanol–water partition coefficient (Wildman–Crippen LogP) is 0.815. The molecular formula is C18H22N4O3. The van der Waals surface area contributed by atoms with Crippen molar-refractivity contribution in [2.45, 2.75) is 38.6 Å². The molecule has 4 rings (SSSR count). The third kappa shape index (κ3) is 3.40. The van der Waals surface area contributed by atoms with Gasteiger partial charge in [0, 0.05) is 49.2 Å². The second kappa shape index (κ2) is 6.66. The van der Waals surface area contributed by atoms with Crippen molar-refractivity contribution in [1.82, 2.24) is 15.2 Å². The van der Waals surface area contributed by atoms with Crippen molar-refractivity contribution in [1.29, 1.82) is 0 Å². The zero-order valence-corrected chi connectivity index (χ0v) is 14.2. The van der Waals surface area contributed by atoms with Gasteiger partial charge in [-0.05, 0) is 37.8 Å². The summed E-state index contributed by atoms with van der Waals surface area (Å²) in [6.45, 7) is 1.91. The summed E-state index contributed by atoms with van der Waals surface area (Å²) in [5, 5.41) is 2.43. The van der Waals surface area contributed by atoms with E-state index in [1.54, 1.807) is 29.4 Å². The van der Waals surface area contributed by atoms with Gasteiger partial charge in [-0.1, -0.05) is 0 Å². The predicted molar refractivity (Wildman–Crippen MR) is 91.6 cm³/mol. The molecule has 1 aromatic heterocycles. The van der Waals surface area contributed by atoms with E-state index in [9.17, 15) is 14.4 Å². The van der Waals surface area contributed by atoms with E-state index in [0.717, 1.165) is 12.8 Å². The first-order valence-electron chi connectivity index (χ1n) is 8.41. The molecule has 3 amide bonds. The summed E-state index contributed by atoms with van der Waals surface area (Å²) in [4.78, 5) is 42.4. The maximum absolute atomic E-state index is 12.7. The van der Waals surface area contributed by atoms with Crippen LogP contribution in [0, 0.1) is 5.41 Å². The van der Waals surface area contributed by atoms with Crippen LogP contribution >= 0.6 is 0 Å². The molecule has 3 heterocycles. The molecule has 3 aliphatic rings. The number of piperidine rings is 2. The van der Waals surface area contributed by atoms with Crippen molar-refractivity contribution in [3.05, 3.63) is 36.2 Å². The Kier molecular flexibility index (Phi) is 4.57. The molecule has 0 atom stereocenters. The Morgan fingerprint density at radius 1 is 1.36 bits per heavy atom. The van der Waals surface area contributed by atoms with Gasteiger partial charge in [0.25, 0.3) is 5.91 Å². The van der Waals surface area contributed by atoms with E-state index in [4.69, 9.17) is 5.73 Å². The molecule has 132 valence electrons. The van der Waals surface area contributed by atoms with E-state index in [1.807, 2.05) is 0 Å². The van der Waals surface area contributed by atoms with Crippen LogP contribution < -0.4 is 11.1 Å². The summed E-state index contributed by atoms with van der Waals surface area (Å²) in [6.07, 6.45) is 7.35. The minimum absolute atomic E-state index is 0.0198. The summed E-state index contributed by atoms with van der Waals surface area (Å²) in [5.41, 5.74) is 6.07. The number of amides is 3. The number of hydrogen-bond donors (Lipinski definition) is 2. The molecule has 3 fully saturated rings. The van der Waals surface area contributed by atoms with Gasteiger partial charge in [0.1, 0.15) is 0 Å². The average molecular weight is 342 g/mol. The molecule has 7 nitrogen and oxygen atoms in total. The lowest BCUT2D eigenvalue weighted by molar-refractivity contribution is -0.151. The Morgan fingerprint density at radius 2 is 2.08 bits per heavy atom. The van der Waals surface area contributed by atoms with E-state index in [1.165, 1.54) is 13.0 Å². The van der Waals surface area contributed by atoms with Crippen LogP contribution in [-0.2, 0) is 14.4 Å². The Hall–Kier alpha value is -2.70. The number of nitrogens with zero attached hydrogens (tertiary/aromatic N) is 2. The zero-order valence-electron chi connectivity index (χ0n) is 14.2. The van der Waals surface area contributed by atoms with Gasteiger partial charge in [0.05, 0.1) is 5.41 Å². The average Bonchev–Trinajstić information content (AvgIpc) is 2.63. The monoisotopic (exact) mass is 342 g/mol. The minimum atomic E-state index is -0.674. The molecular weight excluding hydrogens is 320 g/mol. The second-order valence-corrected chi connectivity index (χ2v) is 6.82. The molecule has 2 aliphatic heterocycles. The van der Waals surface area contributed by atoms with Gasteiger partial charge >= 0.3 is 0 Å². The summed E-state index contributed by atoms with van der Waals surface area (Å²) in [6, 6.07) is 3.68. The Bertz CT molecular complexity index is 721. The number of carbonyl (C=O) groups excluding carboxylic acids is 3. The Morgan fingerprint density at radius 3 is 2.68 bits per heavy atom. The van der Waals surface area contributed by atoms with Crippen LogP contribution in [0.2, 0.25) is 0 Å². The van der Waals surface area contributed by atoms with Gasteiger partial charge < -0.3 is 10.6 Å². The number of fused-ring (bicyclic) bond motifs is 3. The molecule has 1 saturated carbocycles. The summed E-state index contributed by atoms with van der Waals surface area (Å²) < 4.78 is 0. The van der Waals surface area contributed by atoms with Crippen molar-refractivity contribution in [2.24, 2.45) is 11.1 Å². The molecule has 25 heavy (non-hydrogen) atoms. The minimum Gasteiger partial charge on any atom is -0.398 e. The van der Waals surface area contributed by atoms with Gasteiger partial charge in [-0.25, -0.2) is 0 Å². The van der Waals surface area contributed by atoms with E-state index in [-0.39, 0.29) is 23.6 Å². The largest absolute Gasteiger partial charge is 0.398 e. The molecule has 3 N–H and O–H groups in total. The maximum Gasteiger partial charge on any atom is 0.252 e. The van der Waals surface area contributed by atoms with Gasteiger partial charge in [0.15, 0.2) is 0 Å².